The average Bonchev–Trinajstić information content (AvgIpc) is 3.07. The predicted octanol–water partition coefficient (Wildman–Crippen LogP) is 1.34. The number of rotatable bonds is 6. The van der Waals surface area contributed by atoms with Gasteiger partial charge in [0.05, 0.1) is 5.69 Å². The monoisotopic (exact) mass is 264 g/mol. The second-order valence-electron chi connectivity index (χ2n) is 5.03. The van der Waals surface area contributed by atoms with E-state index in [1.165, 1.54) is 12.8 Å². The van der Waals surface area contributed by atoms with E-state index in [0.717, 1.165) is 38.2 Å². The third kappa shape index (κ3) is 3.56. The van der Waals surface area contributed by atoms with Crippen LogP contribution in [0.1, 0.15) is 49.3 Å². The number of nitrogens with one attached hydrogen (secondary N) is 2. The van der Waals surface area contributed by atoms with E-state index < -0.39 is 0 Å². The largest absolute Gasteiger partial charge is 0.351 e. The van der Waals surface area contributed by atoms with E-state index in [4.69, 9.17) is 0 Å². The summed E-state index contributed by atoms with van der Waals surface area (Å²) in [5, 5.41) is 10.8. The van der Waals surface area contributed by atoms with Gasteiger partial charge in [0, 0.05) is 19.1 Å². The van der Waals surface area contributed by atoms with Gasteiger partial charge < -0.3 is 10.6 Å². The first-order valence-corrected chi connectivity index (χ1v) is 7.32. The van der Waals surface area contributed by atoms with E-state index in [9.17, 15) is 4.79 Å². The zero-order chi connectivity index (χ0) is 13.7. The van der Waals surface area contributed by atoms with Crippen molar-refractivity contribution in [1.29, 1.82) is 0 Å². The molecular weight excluding hydrogens is 240 g/mol. The maximum absolute atomic E-state index is 12.1. The molecule has 0 bridgehead atoms. The van der Waals surface area contributed by atoms with Crippen LogP contribution in [0.25, 0.3) is 0 Å². The zero-order valence-corrected chi connectivity index (χ0v) is 11.9. The van der Waals surface area contributed by atoms with Crippen LogP contribution in [0.3, 0.4) is 0 Å². The molecular formula is C14H24N4O. The van der Waals surface area contributed by atoms with Gasteiger partial charge in [-0.2, -0.15) is 5.10 Å². The molecule has 1 saturated heterocycles. The zero-order valence-electron chi connectivity index (χ0n) is 11.9. The van der Waals surface area contributed by atoms with Crippen molar-refractivity contribution in [2.45, 2.75) is 52.1 Å². The van der Waals surface area contributed by atoms with Crippen LogP contribution in [0, 0.1) is 0 Å². The Morgan fingerprint density at radius 2 is 2.42 bits per heavy atom. The van der Waals surface area contributed by atoms with E-state index in [-0.39, 0.29) is 5.91 Å². The third-order valence-corrected chi connectivity index (χ3v) is 3.67. The summed E-state index contributed by atoms with van der Waals surface area (Å²) in [6.45, 7) is 6.63. The highest BCUT2D eigenvalue weighted by atomic mass is 16.2. The lowest BCUT2D eigenvalue weighted by Gasteiger charge is -2.11. The van der Waals surface area contributed by atoms with Crippen molar-refractivity contribution in [3.8, 4) is 0 Å². The van der Waals surface area contributed by atoms with Crippen molar-refractivity contribution in [3.63, 3.8) is 0 Å². The second-order valence-corrected chi connectivity index (χ2v) is 5.03. The molecule has 1 atom stereocenters. The van der Waals surface area contributed by atoms with E-state index in [1.54, 1.807) is 4.68 Å². The lowest BCUT2D eigenvalue weighted by molar-refractivity contribution is 0.0941. The van der Waals surface area contributed by atoms with Crippen LogP contribution in [0.5, 0.6) is 0 Å². The van der Waals surface area contributed by atoms with Crippen LogP contribution in [0.4, 0.5) is 0 Å². The third-order valence-electron chi connectivity index (χ3n) is 3.67. The number of aromatic nitrogens is 2. The maximum Gasteiger partial charge on any atom is 0.269 e. The molecule has 0 aliphatic carbocycles. The number of carbonyl (C=O) groups is 1. The summed E-state index contributed by atoms with van der Waals surface area (Å²) in [7, 11) is 0. The molecule has 1 aliphatic rings. The molecule has 2 N–H and O–H groups in total. The van der Waals surface area contributed by atoms with Crippen molar-refractivity contribution in [3.05, 3.63) is 17.5 Å². The minimum Gasteiger partial charge on any atom is -0.351 e. The van der Waals surface area contributed by atoms with Gasteiger partial charge in [-0.1, -0.05) is 6.92 Å². The highest BCUT2D eigenvalue weighted by Gasteiger charge is 2.16. The van der Waals surface area contributed by atoms with Gasteiger partial charge in [-0.3, -0.25) is 9.48 Å². The van der Waals surface area contributed by atoms with Gasteiger partial charge in [-0.15, -0.1) is 0 Å². The summed E-state index contributed by atoms with van der Waals surface area (Å²) < 4.78 is 1.78. The standard InChI is InChI=1S/C14H24N4O/c1-3-11-10-13(18(4-2)17-11)14(19)16-9-7-12-6-5-8-15-12/h10,12,15H,3-9H2,1-2H3,(H,16,19). The Morgan fingerprint density at radius 1 is 1.58 bits per heavy atom. The highest BCUT2D eigenvalue weighted by molar-refractivity contribution is 5.92. The molecule has 5 nitrogen and oxygen atoms in total. The Labute approximate surface area is 114 Å². The molecule has 19 heavy (non-hydrogen) atoms. The number of hydrogen-bond donors (Lipinski definition) is 2. The lowest BCUT2D eigenvalue weighted by Crippen LogP contribution is -2.31. The van der Waals surface area contributed by atoms with Crippen molar-refractivity contribution >= 4 is 5.91 Å². The van der Waals surface area contributed by atoms with Gasteiger partial charge in [0.15, 0.2) is 0 Å². The lowest BCUT2D eigenvalue weighted by atomic mass is 10.1. The van der Waals surface area contributed by atoms with E-state index in [2.05, 4.69) is 22.7 Å². The Hall–Kier alpha value is -1.36. The van der Waals surface area contributed by atoms with Gasteiger partial charge in [-0.05, 0) is 45.2 Å². The number of amides is 1. The fraction of sp³-hybridized carbons (Fsp3) is 0.714. The highest BCUT2D eigenvalue weighted by Crippen LogP contribution is 2.08. The van der Waals surface area contributed by atoms with E-state index in [1.807, 2.05) is 13.0 Å². The Kier molecular flexibility index (Phi) is 4.96. The van der Waals surface area contributed by atoms with E-state index >= 15 is 0 Å². The maximum atomic E-state index is 12.1. The molecule has 2 heterocycles. The Morgan fingerprint density at radius 3 is 3.05 bits per heavy atom. The van der Waals surface area contributed by atoms with Gasteiger partial charge in [-0.25, -0.2) is 0 Å². The molecule has 0 aromatic carbocycles. The number of carbonyl (C=O) groups excluding carboxylic acids is 1. The first-order valence-electron chi connectivity index (χ1n) is 7.32. The van der Waals surface area contributed by atoms with E-state index in [0.29, 0.717) is 11.7 Å². The molecule has 1 amide bonds. The summed E-state index contributed by atoms with van der Waals surface area (Å²) >= 11 is 0. The van der Waals surface area contributed by atoms with Crippen LogP contribution in [0.15, 0.2) is 6.07 Å². The normalized spacial score (nSPS) is 18.7. The molecule has 1 unspecified atom stereocenters. The molecule has 1 fully saturated rings. The summed E-state index contributed by atoms with van der Waals surface area (Å²) in [5.74, 6) is -0.00736. The Balaban J connectivity index is 1.86. The second kappa shape index (κ2) is 6.70. The summed E-state index contributed by atoms with van der Waals surface area (Å²) in [6.07, 6.45) is 4.34. The summed E-state index contributed by atoms with van der Waals surface area (Å²) in [6, 6.07) is 2.47. The van der Waals surface area contributed by atoms with Crippen molar-refractivity contribution in [2.24, 2.45) is 0 Å². The van der Waals surface area contributed by atoms with Crippen molar-refractivity contribution < 1.29 is 4.79 Å². The van der Waals surface area contributed by atoms with Crippen molar-refractivity contribution in [1.82, 2.24) is 20.4 Å². The van der Waals surface area contributed by atoms with Crippen LogP contribution in [-0.2, 0) is 13.0 Å². The molecule has 5 heteroatoms. The molecule has 1 aromatic heterocycles. The number of aryl methyl sites for hydroxylation is 2. The fourth-order valence-electron chi connectivity index (χ4n) is 2.52. The fourth-order valence-corrected chi connectivity index (χ4v) is 2.52. The van der Waals surface area contributed by atoms with Crippen LogP contribution < -0.4 is 10.6 Å². The predicted molar refractivity (Wildman–Crippen MR) is 75.3 cm³/mol. The minimum absolute atomic E-state index is 0.00736. The SMILES string of the molecule is CCc1cc(C(=O)NCCC2CCCN2)n(CC)n1. The van der Waals surface area contributed by atoms with Gasteiger partial charge >= 0.3 is 0 Å². The molecule has 2 rings (SSSR count). The first-order chi connectivity index (χ1) is 9.24. The van der Waals surface area contributed by atoms with Gasteiger partial charge in [0.1, 0.15) is 5.69 Å². The van der Waals surface area contributed by atoms with Crippen molar-refractivity contribution in [2.75, 3.05) is 13.1 Å². The molecule has 0 radical (unpaired) electrons. The topological polar surface area (TPSA) is 59.0 Å². The van der Waals surface area contributed by atoms with Crippen LogP contribution >= 0.6 is 0 Å². The summed E-state index contributed by atoms with van der Waals surface area (Å²) in [4.78, 5) is 12.1. The average molecular weight is 264 g/mol. The Bertz CT molecular complexity index is 421. The number of nitrogens with zero attached hydrogens (tertiary/aromatic N) is 2. The molecule has 1 aliphatic heterocycles. The molecule has 106 valence electrons. The van der Waals surface area contributed by atoms with Gasteiger partial charge in [0.25, 0.3) is 5.91 Å². The molecule has 0 spiro atoms. The molecule has 1 aromatic rings. The first kappa shape index (κ1) is 14.1. The minimum atomic E-state index is -0.00736. The van der Waals surface area contributed by atoms with Crippen LogP contribution in [-0.4, -0.2) is 34.8 Å². The molecule has 0 saturated carbocycles. The number of hydrogen-bond acceptors (Lipinski definition) is 3. The summed E-state index contributed by atoms with van der Waals surface area (Å²) in [5.41, 5.74) is 1.66. The van der Waals surface area contributed by atoms with Gasteiger partial charge in [0.2, 0.25) is 0 Å². The quantitative estimate of drug-likeness (QED) is 0.815. The van der Waals surface area contributed by atoms with Crippen LogP contribution in [0.2, 0.25) is 0 Å². The smallest absolute Gasteiger partial charge is 0.269 e.